The van der Waals surface area contributed by atoms with Crippen molar-refractivity contribution in [2.45, 2.75) is 0 Å². The number of H-pyrrole nitrogens is 1. The standard InChI is InChI=1S/C14H12N4O3/c1-17-11-9(13(20)18(2)14(17)21)12(19)16-10(15-11)8-6-4-3-5-7-8/h3-7H,1-2H3,(H,15,16,19). The number of aromatic nitrogens is 4. The predicted octanol–water partition coefficient (Wildman–Crippen LogP) is -0.0125. The Morgan fingerprint density at radius 3 is 2.33 bits per heavy atom. The minimum absolute atomic E-state index is 0.0747. The van der Waals surface area contributed by atoms with Crippen LogP contribution in [0.3, 0.4) is 0 Å². The van der Waals surface area contributed by atoms with E-state index in [9.17, 15) is 14.4 Å². The van der Waals surface area contributed by atoms with Gasteiger partial charge in [-0.25, -0.2) is 9.78 Å². The number of rotatable bonds is 1. The Bertz CT molecular complexity index is 1010. The third-order valence-corrected chi connectivity index (χ3v) is 3.36. The molecule has 0 spiro atoms. The van der Waals surface area contributed by atoms with Gasteiger partial charge in [0.25, 0.3) is 11.1 Å². The lowest BCUT2D eigenvalue weighted by Crippen LogP contribution is -2.39. The Morgan fingerprint density at radius 1 is 1.00 bits per heavy atom. The first-order chi connectivity index (χ1) is 10.0. The van der Waals surface area contributed by atoms with Crippen molar-refractivity contribution in [3.8, 4) is 11.4 Å². The molecule has 0 aliphatic carbocycles. The zero-order chi connectivity index (χ0) is 15.1. The average molecular weight is 284 g/mol. The number of aromatic amines is 1. The number of hydrogen-bond acceptors (Lipinski definition) is 4. The normalized spacial score (nSPS) is 11.0. The number of benzene rings is 1. The second kappa shape index (κ2) is 4.55. The van der Waals surface area contributed by atoms with Gasteiger partial charge in [-0.05, 0) is 0 Å². The first kappa shape index (κ1) is 13.0. The fourth-order valence-electron chi connectivity index (χ4n) is 2.20. The summed E-state index contributed by atoms with van der Waals surface area (Å²) in [5.74, 6) is 0.316. The predicted molar refractivity (Wildman–Crippen MR) is 78.3 cm³/mol. The van der Waals surface area contributed by atoms with Crippen LogP contribution in [-0.2, 0) is 14.1 Å². The summed E-state index contributed by atoms with van der Waals surface area (Å²) >= 11 is 0. The Hall–Kier alpha value is -2.96. The molecule has 0 amide bonds. The minimum atomic E-state index is -0.651. The van der Waals surface area contributed by atoms with Crippen molar-refractivity contribution in [1.29, 1.82) is 0 Å². The molecular weight excluding hydrogens is 272 g/mol. The van der Waals surface area contributed by atoms with Crippen LogP contribution in [0.5, 0.6) is 0 Å². The van der Waals surface area contributed by atoms with Crippen molar-refractivity contribution < 1.29 is 0 Å². The molecule has 0 atom stereocenters. The molecule has 2 heterocycles. The van der Waals surface area contributed by atoms with Crippen molar-refractivity contribution in [2.24, 2.45) is 14.1 Å². The molecule has 21 heavy (non-hydrogen) atoms. The molecule has 3 rings (SSSR count). The van der Waals surface area contributed by atoms with Crippen LogP contribution in [0, 0.1) is 0 Å². The van der Waals surface area contributed by atoms with E-state index in [0.717, 1.165) is 4.57 Å². The van der Waals surface area contributed by atoms with Crippen LogP contribution in [0.25, 0.3) is 22.4 Å². The smallest absolute Gasteiger partial charge is 0.306 e. The summed E-state index contributed by atoms with van der Waals surface area (Å²) in [6.45, 7) is 0. The third kappa shape index (κ3) is 1.90. The van der Waals surface area contributed by atoms with E-state index in [1.165, 1.54) is 18.7 Å². The van der Waals surface area contributed by atoms with Crippen LogP contribution >= 0.6 is 0 Å². The topological polar surface area (TPSA) is 89.8 Å². The Labute approximate surface area is 118 Å². The van der Waals surface area contributed by atoms with Gasteiger partial charge >= 0.3 is 5.69 Å². The largest absolute Gasteiger partial charge is 0.332 e. The lowest BCUT2D eigenvalue weighted by atomic mass is 10.2. The zero-order valence-corrected chi connectivity index (χ0v) is 11.5. The maximum atomic E-state index is 12.2. The van der Waals surface area contributed by atoms with E-state index >= 15 is 0 Å². The van der Waals surface area contributed by atoms with Crippen molar-refractivity contribution >= 4 is 11.0 Å². The molecular formula is C14H12N4O3. The molecule has 106 valence electrons. The lowest BCUT2D eigenvalue weighted by molar-refractivity contribution is 0.705. The summed E-state index contributed by atoms with van der Waals surface area (Å²) in [6, 6.07) is 9.02. The van der Waals surface area contributed by atoms with E-state index < -0.39 is 16.8 Å². The molecule has 0 fully saturated rings. The van der Waals surface area contributed by atoms with Crippen LogP contribution in [-0.4, -0.2) is 19.1 Å². The third-order valence-electron chi connectivity index (χ3n) is 3.36. The van der Waals surface area contributed by atoms with Gasteiger partial charge in [-0.3, -0.25) is 18.7 Å². The number of aryl methyl sites for hydroxylation is 1. The van der Waals surface area contributed by atoms with Gasteiger partial charge in [-0.1, -0.05) is 30.3 Å². The summed E-state index contributed by atoms with van der Waals surface area (Å²) < 4.78 is 2.08. The summed E-state index contributed by atoms with van der Waals surface area (Å²) in [4.78, 5) is 43.0. The molecule has 0 saturated heterocycles. The quantitative estimate of drug-likeness (QED) is 0.680. The number of fused-ring (bicyclic) bond motifs is 1. The highest BCUT2D eigenvalue weighted by molar-refractivity contribution is 5.75. The van der Waals surface area contributed by atoms with Crippen LogP contribution in [0.15, 0.2) is 44.7 Å². The van der Waals surface area contributed by atoms with E-state index in [-0.39, 0.29) is 11.0 Å². The molecule has 0 saturated carbocycles. The Kier molecular flexibility index (Phi) is 2.83. The highest BCUT2D eigenvalue weighted by Crippen LogP contribution is 2.13. The fourth-order valence-corrected chi connectivity index (χ4v) is 2.20. The van der Waals surface area contributed by atoms with Crippen LogP contribution in [0.2, 0.25) is 0 Å². The number of nitrogens with zero attached hydrogens (tertiary/aromatic N) is 3. The monoisotopic (exact) mass is 284 g/mol. The number of hydrogen-bond donors (Lipinski definition) is 1. The highest BCUT2D eigenvalue weighted by Gasteiger charge is 2.14. The molecule has 0 unspecified atom stereocenters. The van der Waals surface area contributed by atoms with E-state index in [2.05, 4.69) is 9.97 Å². The van der Waals surface area contributed by atoms with Crippen molar-refractivity contribution in [2.75, 3.05) is 0 Å². The average Bonchev–Trinajstić information content (AvgIpc) is 2.51. The first-order valence-corrected chi connectivity index (χ1v) is 6.26. The maximum Gasteiger partial charge on any atom is 0.332 e. The summed E-state index contributed by atoms with van der Waals surface area (Å²) in [6.07, 6.45) is 0. The molecule has 2 aromatic heterocycles. The zero-order valence-electron chi connectivity index (χ0n) is 11.5. The molecule has 1 aromatic carbocycles. The van der Waals surface area contributed by atoms with Gasteiger partial charge < -0.3 is 4.98 Å². The highest BCUT2D eigenvalue weighted by atomic mass is 16.2. The maximum absolute atomic E-state index is 12.2. The van der Waals surface area contributed by atoms with Crippen molar-refractivity contribution in [1.82, 2.24) is 19.1 Å². The van der Waals surface area contributed by atoms with Gasteiger partial charge in [0.2, 0.25) is 0 Å². The van der Waals surface area contributed by atoms with E-state index in [1.54, 1.807) is 12.1 Å². The lowest BCUT2D eigenvalue weighted by Gasteiger charge is -2.07. The van der Waals surface area contributed by atoms with Crippen molar-refractivity contribution in [3.05, 3.63) is 61.5 Å². The van der Waals surface area contributed by atoms with Crippen molar-refractivity contribution in [3.63, 3.8) is 0 Å². The SMILES string of the molecule is Cn1c(=O)c2c(=O)[nH]c(-c3ccccc3)nc2n(C)c1=O. The van der Waals surface area contributed by atoms with Crippen LogP contribution in [0.4, 0.5) is 0 Å². The van der Waals surface area contributed by atoms with Gasteiger partial charge in [0.05, 0.1) is 0 Å². The van der Waals surface area contributed by atoms with Gasteiger partial charge in [-0.15, -0.1) is 0 Å². The molecule has 0 radical (unpaired) electrons. The molecule has 7 nitrogen and oxygen atoms in total. The Morgan fingerprint density at radius 2 is 1.67 bits per heavy atom. The second-order valence-corrected chi connectivity index (χ2v) is 4.68. The molecule has 3 aromatic rings. The van der Waals surface area contributed by atoms with Crippen LogP contribution < -0.4 is 16.8 Å². The molecule has 1 N–H and O–H groups in total. The van der Waals surface area contributed by atoms with Gasteiger partial charge in [0.15, 0.2) is 5.65 Å². The molecule has 7 heteroatoms. The fraction of sp³-hybridized carbons (Fsp3) is 0.143. The van der Waals surface area contributed by atoms with E-state index in [0.29, 0.717) is 11.4 Å². The minimum Gasteiger partial charge on any atom is -0.306 e. The van der Waals surface area contributed by atoms with Gasteiger partial charge in [0.1, 0.15) is 11.2 Å². The first-order valence-electron chi connectivity index (χ1n) is 6.26. The summed E-state index contributed by atoms with van der Waals surface area (Å²) in [5.41, 5.74) is -0.962. The molecule has 0 bridgehead atoms. The molecule has 0 aliphatic rings. The van der Waals surface area contributed by atoms with E-state index in [4.69, 9.17) is 0 Å². The Balaban J connectivity index is 2.49. The van der Waals surface area contributed by atoms with Gasteiger partial charge in [-0.2, -0.15) is 0 Å². The van der Waals surface area contributed by atoms with Crippen LogP contribution in [0.1, 0.15) is 0 Å². The summed E-state index contributed by atoms with van der Waals surface area (Å²) in [5, 5.41) is -0.126. The summed E-state index contributed by atoms with van der Waals surface area (Å²) in [7, 11) is 2.81. The number of nitrogens with one attached hydrogen (secondary N) is 1. The second-order valence-electron chi connectivity index (χ2n) is 4.68. The van der Waals surface area contributed by atoms with Gasteiger partial charge in [0, 0.05) is 19.7 Å². The molecule has 0 aliphatic heterocycles. The van der Waals surface area contributed by atoms with E-state index in [1.807, 2.05) is 18.2 Å².